The lowest BCUT2D eigenvalue weighted by Gasteiger charge is -2.65. The van der Waals surface area contributed by atoms with E-state index in [0.717, 1.165) is 36.8 Å². The van der Waals surface area contributed by atoms with Gasteiger partial charge in [0.15, 0.2) is 0 Å². The van der Waals surface area contributed by atoms with Crippen molar-refractivity contribution in [3.8, 4) is 0 Å². The highest BCUT2D eigenvalue weighted by atomic mass is 16.5. The van der Waals surface area contributed by atoms with E-state index in [0.29, 0.717) is 12.3 Å². The fourth-order valence-electron chi connectivity index (χ4n) is 8.38. The normalized spacial score (nSPS) is 38.5. The quantitative estimate of drug-likeness (QED) is 0.411. The molecule has 3 unspecified atom stereocenters. The van der Waals surface area contributed by atoms with E-state index >= 15 is 0 Å². The molecule has 37 heavy (non-hydrogen) atoms. The van der Waals surface area contributed by atoms with Crippen LogP contribution in [0, 0.1) is 11.3 Å². The summed E-state index contributed by atoms with van der Waals surface area (Å²) in [5, 5.41) is 24.8. The number of ether oxygens (including phenoxy) is 1. The predicted molar refractivity (Wildman–Crippen MR) is 152 cm³/mol. The molecule has 0 saturated heterocycles. The van der Waals surface area contributed by atoms with Gasteiger partial charge in [-0.1, -0.05) is 59.9 Å². The van der Waals surface area contributed by atoms with Crippen LogP contribution in [0.1, 0.15) is 84.5 Å². The van der Waals surface area contributed by atoms with Crippen LogP contribution in [0.25, 0.3) is 10.9 Å². The Morgan fingerprint density at radius 3 is 2.62 bits per heavy atom. The molecule has 4 heteroatoms. The van der Waals surface area contributed by atoms with E-state index in [9.17, 15) is 10.2 Å². The zero-order valence-corrected chi connectivity index (χ0v) is 22.4. The van der Waals surface area contributed by atoms with Crippen LogP contribution in [0.2, 0.25) is 0 Å². The first-order chi connectivity index (χ1) is 16.9. The summed E-state index contributed by atoms with van der Waals surface area (Å²) >= 11 is 0. The number of aliphatic hydroxyl groups is 2. The van der Waals surface area contributed by atoms with E-state index < -0.39 is 17.8 Å². The summed E-state index contributed by atoms with van der Waals surface area (Å²) in [5.74, 6) is 0.479. The molecule has 4 nitrogen and oxygen atoms in total. The summed E-state index contributed by atoms with van der Waals surface area (Å²) in [4.78, 5) is 3.87. The third-order valence-electron chi connectivity index (χ3n) is 11.0. The maximum absolute atomic E-state index is 12.6. The number of nitrogens with one attached hydrogen (secondary N) is 1. The highest BCUT2D eigenvalue weighted by molar-refractivity contribution is 5.87. The highest BCUT2D eigenvalue weighted by Crippen LogP contribution is 2.69. The molecule has 2 saturated carbocycles. The summed E-state index contributed by atoms with van der Waals surface area (Å²) < 4.78 is 6.35. The summed E-state index contributed by atoms with van der Waals surface area (Å²) in [6.45, 7) is 19.0. The van der Waals surface area contributed by atoms with Crippen molar-refractivity contribution >= 4 is 10.9 Å². The lowest BCUT2D eigenvalue weighted by Crippen LogP contribution is -2.67. The molecular formula is C33H45NO3. The van der Waals surface area contributed by atoms with E-state index in [1.165, 1.54) is 27.7 Å². The zero-order valence-electron chi connectivity index (χ0n) is 22.4. The van der Waals surface area contributed by atoms with E-state index in [1.54, 1.807) is 0 Å². The van der Waals surface area contributed by atoms with Gasteiger partial charge in [0.05, 0.1) is 11.7 Å². The lowest BCUT2D eigenvalue weighted by atomic mass is 9.42. The van der Waals surface area contributed by atoms with Gasteiger partial charge in [0.25, 0.3) is 0 Å². The number of allylic oxidation sites excluding steroid dienone is 1. The minimum absolute atomic E-state index is 0. The average Bonchev–Trinajstić information content (AvgIpc) is 3.34. The Balaban J connectivity index is 0.00000280. The summed E-state index contributed by atoms with van der Waals surface area (Å²) in [5.41, 5.74) is 5.18. The van der Waals surface area contributed by atoms with Crippen LogP contribution >= 0.6 is 0 Å². The summed E-state index contributed by atoms with van der Waals surface area (Å²) in [6, 6.07) is 6.81. The Labute approximate surface area is 222 Å². The van der Waals surface area contributed by atoms with Crippen LogP contribution in [-0.4, -0.2) is 39.1 Å². The molecule has 200 valence electrons. The smallest absolute Gasteiger partial charge is 0.108 e. The number of hydrogen-bond acceptors (Lipinski definition) is 3. The van der Waals surface area contributed by atoms with E-state index in [4.69, 9.17) is 4.74 Å². The van der Waals surface area contributed by atoms with Gasteiger partial charge in [-0.3, -0.25) is 0 Å². The zero-order chi connectivity index (χ0) is 25.8. The van der Waals surface area contributed by atoms with Gasteiger partial charge in [-0.25, -0.2) is 0 Å². The minimum atomic E-state index is -1.02. The third kappa shape index (κ3) is 3.19. The monoisotopic (exact) mass is 503 g/mol. The number of aromatic nitrogens is 1. The molecular weight excluding hydrogens is 458 g/mol. The fourth-order valence-corrected chi connectivity index (χ4v) is 8.38. The molecule has 2 aromatic rings. The Kier molecular flexibility index (Phi) is 5.85. The van der Waals surface area contributed by atoms with Crippen molar-refractivity contribution in [3.05, 3.63) is 71.5 Å². The molecule has 0 bridgehead atoms. The van der Waals surface area contributed by atoms with Gasteiger partial charge in [0, 0.05) is 32.8 Å². The van der Waals surface area contributed by atoms with Gasteiger partial charge < -0.3 is 19.9 Å². The van der Waals surface area contributed by atoms with Gasteiger partial charge in [-0.05, 0) is 79.4 Å². The number of rotatable bonds is 3. The van der Waals surface area contributed by atoms with Crippen molar-refractivity contribution in [1.29, 1.82) is 0 Å². The van der Waals surface area contributed by atoms with E-state index in [1.807, 2.05) is 19.1 Å². The standard InChI is InChI=1S/C32H41NO3.CH4/c1-8-29(4,5)19-9-10-21-22-15-20-11-14-32(35)23-17-25(34)27(18(2)3)36-26(23)12-13-30(32,6)31(20,7)28(22)33-24(21)16-19;/h8-10,16-17,20,25-27,33-35H,1-2,11-15H2,3-7H3;1H4/t20-,25?,26?,27?,30+,31+,32+;/m0./s1. The SMILES string of the molecule is C.C=CC(C)(C)c1ccc2c3c([nH]c2c1)[C@@]1(C)[C@@H](CC[C@@]2(O)C4=CC(O)C(C(=C)C)OC4CC[C@@]21C)C3. The topological polar surface area (TPSA) is 65.5 Å². The minimum Gasteiger partial charge on any atom is -0.386 e. The second-order valence-corrected chi connectivity index (χ2v) is 13.0. The first kappa shape index (κ1) is 26.5. The molecule has 1 aromatic heterocycles. The van der Waals surface area contributed by atoms with Crippen molar-refractivity contribution in [2.24, 2.45) is 11.3 Å². The first-order valence-corrected chi connectivity index (χ1v) is 13.6. The average molecular weight is 504 g/mol. The van der Waals surface area contributed by atoms with Crippen LogP contribution < -0.4 is 0 Å². The van der Waals surface area contributed by atoms with Crippen molar-refractivity contribution in [2.75, 3.05) is 0 Å². The molecule has 2 fully saturated rings. The highest BCUT2D eigenvalue weighted by Gasteiger charge is 2.69. The van der Waals surface area contributed by atoms with Crippen LogP contribution in [0.5, 0.6) is 0 Å². The Morgan fingerprint density at radius 2 is 1.95 bits per heavy atom. The molecule has 3 aliphatic carbocycles. The number of hydrogen-bond donors (Lipinski definition) is 3. The number of aliphatic hydroxyl groups excluding tert-OH is 1. The maximum atomic E-state index is 12.6. The number of fused-ring (bicyclic) bond motifs is 9. The molecule has 0 spiro atoms. The summed E-state index contributed by atoms with van der Waals surface area (Å²) in [6.07, 6.45) is 7.00. The Morgan fingerprint density at radius 1 is 1.22 bits per heavy atom. The van der Waals surface area contributed by atoms with E-state index in [-0.39, 0.29) is 29.8 Å². The molecule has 6 rings (SSSR count). The van der Waals surface area contributed by atoms with Crippen LogP contribution in [-0.2, 0) is 22.0 Å². The molecule has 0 amide bonds. The van der Waals surface area contributed by atoms with Gasteiger partial charge in [-0.2, -0.15) is 0 Å². The molecule has 1 aromatic carbocycles. The second-order valence-electron chi connectivity index (χ2n) is 13.0. The van der Waals surface area contributed by atoms with Gasteiger partial charge in [0.1, 0.15) is 12.2 Å². The van der Waals surface area contributed by atoms with Crippen molar-refractivity contribution < 1.29 is 14.9 Å². The molecule has 7 atom stereocenters. The van der Waals surface area contributed by atoms with Crippen molar-refractivity contribution in [1.82, 2.24) is 4.98 Å². The van der Waals surface area contributed by atoms with Gasteiger partial charge >= 0.3 is 0 Å². The number of aromatic amines is 1. The van der Waals surface area contributed by atoms with Crippen LogP contribution in [0.3, 0.4) is 0 Å². The van der Waals surface area contributed by atoms with Crippen LogP contribution in [0.15, 0.2) is 54.7 Å². The molecule has 1 aliphatic heterocycles. The van der Waals surface area contributed by atoms with Crippen LogP contribution in [0.4, 0.5) is 0 Å². The number of H-pyrrole nitrogens is 1. The summed E-state index contributed by atoms with van der Waals surface area (Å²) in [7, 11) is 0. The van der Waals surface area contributed by atoms with E-state index in [2.05, 4.69) is 64.0 Å². The second kappa shape index (κ2) is 8.18. The lowest BCUT2D eigenvalue weighted by molar-refractivity contribution is -0.185. The number of benzene rings is 1. The third-order valence-corrected chi connectivity index (χ3v) is 11.0. The van der Waals surface area contributed by atoms with Gasteiger partial charge in [0.2, 0.25) is 0 Å². The van der Waals surface area contributed by atoms with Crippen molar-refractivity contribution in [3.63, 3.8) is 0 Å². The Hall–Kier alpha value is -2.14. The maximum Gasteiger partial charge on any atom is 0.108 e. The predicted octanol–water partition coefficient (Wildman–Crippen LogP) is 6.65. The first-order valence-electron chi connectivity index (χ1n) is 13.6. The van der Waals surface area contributed by atoms with Crippen molar-refractivity contribution in [2.45, 2.75) is 109 Å². The molecule has 4 aliphatic rings. The Bertz CT molecular complexity index is 1320. The largest absolute Gasteiger partial charge is 0.386 e. The molecule has 0 radical (unpaired) electrons. The molecule has 3 N–H and O–H groups in total. The molecule has 2 heterocycles. The fraction of sp³-hybridized carbons (Fsp3) is 0.576. The van der Waals surface area contributed by atoms with Gasteiger partial charge in [-0.15, -0.1) is 6.58 Å².